The van der Waals surface area contributed by atoms with Crippen LogP contribution < -0.4 is 15.0 Å². The summed E-state index contributed by atoms with van der Waals surface area (Å²) in [6, 6.07) is 7.21. The zero-order valence-corrected chi connectivity index (χ0v) is 19.3. The summed E-state index contributed by atoms with van der Waals surface area (Å²) in [5.41, 5.74) is 4.06. The number of aromatic nitrogens is 2. The van der Waals surface area contributed by atoms with Gasteiger partial charge in [-0.3, -0.25) is 0 Å². The molecule has 0 amide bonds. The highest BCUT2D eigenvalue weighted by atomic mass is 16.5. The minimum absolute atomic E-state index is 0.371. The minimum atomic E-state index is 0.371. The molecular weight excluding hydrogens is 392 g/mol. The lowest BCUT2D eigenvalue weighted by atomic mass is 10.0. The Kier molecular flexibility index (Phi) is 10.8. The Morgan fingerprint density at radius 3 is 2.52 bits per heavy atom. The van der Waals surface area contributed by atoms with E-state index in [2.05, 4.69) is 45.3 Å². The standard InChI is InChI=1S/C22H30N4O3.C2H6/c1-3-26(19-9-12-28-13-10-19)21-8-7-17(6-5-11-27)14-20(21)25-18-15-23-22(24-16-18)29-4-2;1-2/h7-8,11,14-16,19,25H,3-6,9-10,12-13H2,1-2H3;1-2H3. The van der Waals surface area contributed by atoms with Crippen molar-refractivity contribution in [1.82, 2.24) is 9.97 Å². The maximum Gasteiger partial charge on any atom is 0.316 e. The number of ether oxygens (including phenoxy) is 2. The molecule has 7 nitrogen and oxygen atoms in total. The van der Waals surface area contributed by atoms with E-state index in [1.54, 1.807) is 12.4 Å². The van der Waals surface area contributed by atoms with Crippen LogP contribution >= 0.6 is 0 Å². The molecule has 0 saturated carbocycles. The number of rotatable bonds is 10. The number of aldehydes is 1. The number of carbonyl (C=O) groups is 1. The molecule has 2 heterocycles. The fraction of sp³-hybridized carbons (Fsp3) is 0.542. The maximum atomic E-state index is 10.8. The first-order chi connectivity index (χ1) is 15.2. The molecular formula is C24H36N4O3. The van der Waals surface area contributed by atoms with E-state index in [9.17, 15) is 4.79 Å². The molecule has 1 aliphatic rings. The van der Waals surface area contributed by atoms with Crippen LogP contribution in [-0.2, 0) is 16.0 Å². The Morgan fingerprint density at radius 1 is 1.19 bits per heavy atom. The number of anilines is 3. The van der Waals surface area contributed by atoms with Gasteiger partial charge in [-0.05, 0) is 50.8 Å². The second-order valence-corrected chi connectivity index (χ2v) is 7.00. The van der Waals surface area contributed by atoms with Gasteiger partial charge < -0.3 is 24.5 Å². The molecule has 31 heavy (non-hydrogen) atoms. The first kappa shape index (κ1) is 24.6. The smallest absolute Gasteiger partial charge is 0.316 e. The molecule has 1 aromatic carbocycles. The van der Waals surface area contributed by atoms with Gasteiger partial charge >= 0.3 is 6.01 Å². The number of nitrogens with one attached hydrogen (secondary N) is 1. The first-order valence-electron chi connectivity index (χ1n) is 11.4. The summed E-state index contributed by atoms with van der Waals surface area (Å²) in [7, 11) is 0. The minimum Gasteiger partial charge on any atom is -0.464 e. The number of hydrogen-bond donors (Lipinski definition) is 1. The van der Waals surface area contributed by atoms with Crippen LogP contribution in [0.4, 0.5) is 17.1 Å². The van der Waals surface area contributed by atoms with Gasteiger partial charge in [0.05, 0.1) is 36.1 Å². The molecule has 1 fully saturated rings. The lowest BCUT2D eigenvalue weighted by Gasteiger charge is -2.36. The van der Waals surface area contributed by atoms with Crippen LogP contribution in [0.5, 0.6) is 6.01 Å². The van der Waals surface area contributed by atoms with E-state index in [4.69, 9.17) is 9.47 Å². The average molecular weight is 429 g/mol. The second kappa shape index (κ2) is 13.6. The van der Waals surface area contributed by atoms with Gasteiger partial charge in [-0.2, -0.15) is 0 Å². The van der Waals surface area contributed by atoms with Gasteiger partial charge in [-0.1, -0.05) is 19.9 Å². The van der Waals surface area contributed by atoms with Crippen LogP contribution in [0.15, 0.2) is 30.6 Å². The van der Waals surface area contributed by atoms with E-state index in [-0.39, 0.29) is 0 Å². The molecule has 0 aliphatic carbocycles. The van der Waals surface area contributed by atoms with E-state index in [0.717, 1.165) is 67.9 Å². The Morgan fingerprint density at radius 2 is 1.90 bits per heavy atom. The topological polar surface area (TPSA) is 76.6 Å². The summed E-state index contributed by atoms with van der Waals surface area (Å²) in [5.74, 6) is 0. The van der Waals surface area contributed by atoms with Gasteiger partial charge in [0.1, 0.15) is 6.29 Å². The predicted molar refractivity (Wildman–Crippen MR) is 126 cm³/mol. The number of nitrogens with zero attached hydrogens (tertiary/aromatic N) is 3. The van der Waals surface area contributed by atoms with Gasteiger partial charge in [-0.25, -0.2) is 9.97 Å². The monoisotopic (exact) mass is 428 g/mol. The summed E-state index contributed by atoms with van der Waals surface area (Å²) in [6.07, 6.45) is 7.69. The zero-order valence-electron chi connectivity index (χ0n) is 19.3. The molecule has 1 aromatic heterocycles. The largest absolute Gasteiger partial charge is 0.464 e. The molecule has 1 saturated heterocycles. The number of carbonyl (C=O) groups excluding carboxylic acids is 1. The van der Waals surface area contributed by atoms with Gasteiger partial charge in [0, 0.05) is 32.2 Å². The van der Waals surface area contributed by atoms with Crippen LogP contribution in [0.3, 0.4) is 0 Å². The third kappa shape index (κ3) is 7.21. The highest BCUT2D eigenvalue weighted by Gasteiger charge is 2.23. The summed E-state index contributed by atoms with van der Waals surface area (Å²) in [4.78, 5) is 21.7. The predicted octanol–water partition coefficient (Wildman–Crippen LogP) is 4.78. The third-order valence-electron chi connectivity index (χ3n) is 5.07. The molecule has 7 heteroatoms. The molecule has 3 rings (SSSR count). The van der Waals surface area contributed by atoms with Crippen molar-refractivity contribution in [3.05, 3.63) is 36.2 Å². The van der Waals surface area contributed by atoms with Crippen LogP contribution in [0.25, 0.3) is 0 Å². The second-order valence-electron chi connectivity index (χ2n) is 7.00. The summed E-state index contributed by atoms with van der Waals surface area (Å²) >= 11 is 0. The van der Waals surface area contributed by atoms with Crippen molar-refractivity contribution in [2.24, 2.45) is 0 Å². The zero-order chi connectivity index (χ0) is 22.5. The maximum absolute atomic E-state index is 10.8. The Hall–Kier alpha value is -2.67. The molecule has 0 atom stereocenters. The Bertz CT molecular complexity index is 777. The SMILES string of the molecule is CC.CCOc1ncc(Nc2cc(CCC=O)ccc2N(CC)C2CCOCC2)cn1. The van der Waals surface area contributed by atoms with Crippen molar-refractivity contribution in [2.45, 2.75) is 59.4 Å². The summed E-state index contributed by atoms with van der Waals surface area (Å²) in [6.45, 7) is 11.1. The van der Waals surface area contributed by atoms with Gasteiger partial charge in [0.25, 0.3) is 0 Å². The summed E-state index contributed by atoms with van der Waals surface area (Å²) in [5, 5.41) is 3.47. The van der Waals surface area contributed by atoms with E-state index in [1.165, 1.54) is 0 Å². The van der Waals surface area contributed by atoms with E-state index >= 15 is 0 Å². The van der Waals surface area contributed by atoms with Crippen molar-refractivity contribution in [1.29, 1.82) is 0 Å². The van der Waals surface area contributed by atoms with Crippen LogP contribution in [0.1, 0.15) is 52.5 Å². The van der Waals surface area contributed by atoms with Crippen molar-refractivity contribution in [3.63, 3.8) is 0 Å². The lowest BCUT2D eigenvalue weighted by molar-refractivity contribution is -0.107. The molecule has 2 aromatic rings. The van der Waals surface area contributed by atoms with E-state index < -0.39 is 0 Å². The molecule has 1 N–H and O–H groups in total. The Balaban J connectivity index is 0.00000166. The van der Waals surface area contributed by atoms with E-state index in [0.29, 0.717) is 25.1 Å². The number of hydrogen-bond acceptors (Lipinski definition) is 7. The van der Waals surface area contributed by atoms with E-state index in [1.807, 2.05) is 20.8 Å². The molecule has 0 unspecified atom stereocenters. The Labute approximate surface area is 186 Å². The fourth-order valence-corrected chi connectivity index (χ4v) is 3.68. The van der Waals surface area contributed by atoms with Crippen molar-refractivity contribution in [2.75, 3.05) is 36.6 Å². The average Bonchev–Trinajstić information content (AvgIpc) is 2.83. The molecule has 0 spiro atoms. The van der Waals surface area contributed by atoms with Crippen molar-refractivity contribution >= 4 is 23.3 Å². The highest BCUT2D eigenvalue weighted by Crippen LogP contribution is 2.33. The van der Waals surface area contributed by atoms with Gasteiger partial charge in [0.15, 0.2) is 0 Å². The van der Waals surface area contributed by atoms with Crippen LogP contribution in [-0.4, -0.2) is 48.7 Å². The fourth-order valence-electron chi connectivity index (χ4n) is 3.68. The normalized spacial score (nSPS) is 13.7. The van der Waals surface area contributed by atoms with Crippen molar-refractivity contribution < 1.29 is 14.3 Å². The van der Waals surface area contributed by atoms with Crippen molar-refractivity contribution in [3.8, 4) is 6.01 Å². The number of aryl methyl sites for hydroxylation is 1. The highest BCUT2D eigenvalue weighted by molar-refractivity contribution is 5.76. The summed E-state index contributed by atoms with van der Waals surface area (Å²) < 4.78 is 10.9. The van der Waals surface area contributed by atoms with Gasteiger partial charge in [0.2, 0.25) is 0 Å². The molecule has 170 valence electrons. The van der Waals surface area contributed by atoms with Crippen LogP contribution in [0.2, 0.25) is 0 Å². The number of benzene rings is 1. The lowest BCUT2D eigenvalue weighted by Crippen LogP contribution is -2.39. The third-order valence-corrected chi connectivity index (χ3v) is 5.07. The molecule has 0 bridgehead atoms. The first-order valence-corrected chi connectivity index (χ1v) is 11.4. The van der Waals surface area contributed by atoms with Crippen LogP contribution in [0, 0.1) is 0 Å². The molecule has 1 aliphatic heterocycles. The quantitative estimate of drug-likeness (QED) is 0.546. The molecule has 0 radical (unpaired) electrons. The van der Waals surface area contributed by atoms with Gasteiger partial charge in [-0.15, -0.1) is 0 Å².